The highest BCUT2D eigenvalue weighted by molar-refractivity contribution is 9.11. The van der Waals surface area contributed by atoms with Crippen molar-refractivity contribution in [3.63, 3.8) is 0 Å². The van der Waals surface area contributed by atoms with E-state index < -0.39 is 0 Å². The Kier molecular flexibility index (Phi) is 4.97. The molecule has 1 aromatic carbocycles. The van der Waals surface area contributed by atoms with Crippen LogP contribution in [0.3, 0.4) is 0 Å². The monoisotopic (exact) mass is 336 g/mol. The molecule has 0 spiro atoms. The Hall–Kier alpha value is -1.35. The summed E-state index contributed by atoms with van der Waals surface area (Å²) in [6, 6.07) is 11.7. The maximum absolute atomic E-state index is 8.92. The number of methoxy groups -OCH3 is 1. The first-order valence-electron chi connectivity index (χ1n) is 5.75. The van der Waals surface area contributed by atoms with Crippen molar-refractivity contribution in [3.8, 4) is 11.8 Å². The molecule has 0 radical (unpaired) electrons. The second-order valence-electron chi connectivity index (χ2n) is 3.95. The molecule has 0 aliphatic carbocycles. The Morgan fingerprint density at radius 1 is 1.32 bits per heavy atom. The van der Waals surface area contributed by atoms with E-state index in [1.54, 1.807) is 24.5 Å². The molecule has 98 valence electrons. The summed E-state index contributed by atoms with van der Waals surface area (Å²) in [5, 5.41) is 12.3. The molecule has 0 bridgehead atoms. The Labute approximate surface area is 125 Å². The third-order valence-corrected chi connectivity index (χ3v) is 4.28. The van der Waals surface area contributed by atoms with Gasteiger partial charge in [-0.05, 0) is 46.3 Å². The fourth-order valence-electron chi connectivity index (χ4n) is 1.75. The van der Waals surface area contributed by atoms with Crippen molar-refractivity contribution in [1.29, 1.82) is 5.26 Å². The molecule has 0 aliphatic rings. The van der Waals surface area contributed by atoms with Crippen LogP contribution >= 0.6 is 27.3 Å². The van der Waals surface area contributed by atoms with Gasteiger partial charge in [0.15, 0.2) is 0 Å². The van der Waals surface area contributed by atoms with Gasteiger partial charge in [0.25, 0.3) is 0 Å². The lowest BCUT2D eigenvalue weighted by Gasteiger charge is -2.09. The molecule has 1 heterocycles. The van der Waals surface area contributed by atoms with Crippen LogP contribution in [0.2, 0.25) is 0 Å². The fraction of sp³-hybridized carbons (Fsp3) is 0.214. The number of nitrogens with one attached hydrogen (secondary N) is 1. The summed E-state index contributed by atoms with van der Waals surface area (Å²) in [4.78, 5) is 1.27. The smallest absolute Gasteiger partial charge is 0.123 e. The first-order chi connectivity index (χ1) is 9.22. The Bertz CT molecular complexity index is 604. The van der Waals surface area contributed by atoms with E-state index >= 15 is 0 Å². The van der Waals surface area contributed by atoms with Crippen LogP contribution in [0.15, 0.2) is 34.1 Å². The number of thiophene rings is 1. The molecule has 0 unspecified atom stereocenters. The number of rotatable bonds is 5. The molecule has 0 fully saturated rings. The first-order valence-corrected chi connectivity index (χ1v) is 7.36. The van der Waals surface area contributed by atoms with Gasteiger partial charge in [-0.25, -0.2) is 0 Å². The van der Waals surface area contributed by atoms with Crippen LogP contribution in [0, 0.1) is 11.3 Å². The fourth-order valence-corrected chi connectivity index (χ4v) is 3.21. The zero-order valence-corrected chi connectivity index (χ0v) is 12.8. The number of ether oxygens (including phenoxy) is 1. The van der Waals surface area contributed by atoms with Crippen molar-refractivity contribution in [2.75, 3.05) is 7.11 Å². The van der Waals surface area contributed by atoms with Gasteiger partial charge in [-0.1, -0.05) is 0 Å². The number of hydrogen-bond acceptors (Lipinski definition) is 4. The van der Waals surface area contributed by atoms with E-state index in [0.717, 1.165) is 21.6 Å². The van der Waals surface area contributed by atoms with Gasteiger partial charge in [0.1, 0.15) is 5.75 Å². The van der Waals surface area contributed by atoms with Crippen molar-refractivity contribution in [2.45, 2.75) is 13.1 Å². The summed E-state index contributed by atoms with van der Waals surface area (Å²) in [6.45, 7) is 1.48. The lowest BCUT2D eigenvalue weighted by atomic mass is 10.1. The maximum Gasteiger partial charge on any atom is 0.123 e. The minimum atomic E-state index is 0.650. The molecular weight excluding hydrogens is 324 g/mol. The van der Waals surface area contributed by atoms with Crippen LogP contribution in [-0.2, 0) is 13.1 Å². The van der Waals surface area contributed by atoms with Crippen LogP contribution in [0.4, 0.5) is 0 Å². The van der Waals surface area contributed by atoms with E-state index in [2.05, 4.69) is 33.4 Å². The average Bonchev–Trinajstić information content (AvgIpc) is 2.84. The third-order valence-electron chi connectivity index (χ3n) is 2.65. The zero-order valence-electron chi connectivity index (χ0n) is 10.4. The molecule has 5 heteroatoms. The van der Waals surface area contributed by atoms with Crippen LogP contribution in [0.1, 0.15) is 16.0 Å². The highest BCUT2D eigenvalue weighted by atomic mass is 79.9. The Morgan fingerprint density at radius 3 is 2.79 bits per heavy atom. The summed E-state index contributed by atoms with van der Waals surface area (Å²) in [7, 11) is 1.64. The van der Waals surface area contributed by atoms with Gasteiger partial charge < -0.3 is 10.1 Å². The Morgan fingerprint density at radius 2 is 2.16 bits per heavy atom. The van der Waals surface area contributed by atoms with E-state index in [4.69, 9.17) is 10.00 Å². The van der Waals surface area contributed by atoms with Crippen LogP contribution in [-0.4, -0.2) is 7.11 Å². The zero-order chi connectivity index (χ0) is 13.7. The lowest BCUT2D eigenvalue weighted by molar-refractivity contribution is 0.407. The van der Waals surface area contributed by atoms with Crippen molar-refractivity contribution >= 4 is 27.3 Å². The van der Waals surface area contributed by atoms with E-state index in [1.807, 2.05) is 18.2 Å². The SMILES string of the molecule is COc1ccc(C#N)cc1CNCc1ccc(Br)s1. The third kappa shape index (κ3) is 3.80. The van der Waals surface area contributed by atoms with Crippen molar-refractivity contribution < 1.29 is 4.74 Å². The van der Waals surface area contributed by atoms with Crippen LogP contribution in [0.25, 0.3) is 0 Å². The van der Waals surface area contributed by atoms with Crippen molar-refractivity contribution in [3.05, 3.63) is 50.1 Å². The average molecular weight is 337 g/mol. The first kappa shape index (κ1) is 14.1. The number of halogens is 1. The normalized spacial score (nSPS) is 10.2. The summed E-state index contributed by atoms with van der Waals surface area (Å²) in [5.41, 5.74) is 1.65. The molecule has 0 aliphatic heterocycles. The van der Waals surface area contributed by atoms with Crippen molar-refractivity contribution in [1.82, 2.24) is 5.32 Å². The van der Waals surface area contributed by atoms with E-state index in [9.17, 15) is 0 Å². The summed E-state index contributed by atoms with van der Waals surface area (Å²) in [6.07, 6.45) is 0. The van der Waals surface area contributed by atoms with E-state index in [0.29, 0.717) is 12.1 Å². The predicted molar refractivity (Wildman–Crippen MR) is 80.3 cm³/mol. The number of benzene rings is 1. The number of nitrogens with zero attached hydrogens (tertiary/aromatic N) is 1. The minimum absolute atomic E-state index is 0.650. The second-order valence-corrected chi connectivity index (χ2v) is 6.50. The quantitative estimate of drug-likeness (QED) is 0.905. The minimum Gasteiger partial charge on any atom is -0.496 e. The van der Waals surface area contributed by atoms with Gasteiger partial charge >= 0.3 is 0 Å². The van der Waals surface area contributed by atoms with Crippen LogP contribution < -0.4 is 10.1 Å². The van der Waals surface area contributed by atoms with E-state index in [-0.39, 0.29) is 0 Å². The maximum atomic E-state index is 8.92. The summed E-state index contributed by atoms with van der Waals surface area (Å²) >= 11 is 5.16. The van der Waals surface area contributed by atoms with Crippen LogP contribution in [0.5, 0.6) is 5.75 Å². The second kappa shape index (κ2) is 6.71. The van der Waals surface area contributed by atoms with E-state index in [1.165, 1.54) is 4.88 Å². The molecule has 2 rings (SSSR count). The molecule has 0 saturated heterocycles. The largest absolute Gasteiger partial charge is 0.496 e. The van der Waals surface area contributed by atoms with Gasteiger partial charge in [0.2, 0.25) is 0 Å². The molecule has 1 N–H and O–H groups in total. The highest BCUT2D eigenvalue weighted by Gasteiger charge is 2.05. The van der Waals surface area contributed by atoms with Crippen molar-refractivity contribution in [2.24, 2.45) is 0 Å². The summed E-state index contributed by atoms with van der Waals surface area (Å²) in [5.74, 6) is 0.805. The predicted octanol–water partition coefficient (Wildman–Crippen LogP) is 3.68. The molecular formula is C14H13BrN2OS. The van der Waals surface area contributed by atoms with Gasteiger partial charge in [-0.2, -0.15) is 5.26 Å². The Balaban J connectivity index is 2.00. The standard InChI is InChI=1S/C14H13BrN2OS/c1-18-13-4-2-10(7-16)6-11(13)8-17-9-12-3-5-14(15)19-12/h2-6,17H,8-9H2,1H3. The number of hydrogen-bond donors (Lipinski definition) is 1. The molecule has 19 heavy (non-hydrogen) atoms. The topological polar surface area (TPSA) is 45.0 Å². The molecule has 1 aromatic heterocycles. The molecule has 2 aromatic rings. The lowest BCUT2D eigenvalue weighted by Crippen LogP contribution is -2.12. The molecule has 3 nitrogen and oxygen atoms in total. The summed E-state index contributed by atoms with van der Waals surface area (Å²) < 4.78 is 6.43. The highest BCUT2D eigenvalue weighted by Crippen LogP contribution is 2.23. The molecule has 0 amide bonds. The molecule has 0 atom stereocenters. The van der Waals surface area contributed by atoms with Gasteiger partial charge in [0.05, 0.1) is 22.5 Å². The molecule has 0 saturated carbocycles. The van der Waals surface area contributed by atoms with Gasteiger partial charge in [-0.3, -0.25) is 0 Å². The number of nitriles is 1. The van der Waals surface area contributed by atoms with Gasteiger partial charge in [0, 0.05) is 23.5 Å². The van der Waals surface area contributed by atoms with Gasteiger partial charge in [-0.15, -0.1) is 11.3 Å².